The van der Waals surface area contributed by atoms with Crippen molar-refractivity contribution in [3.05, 3.63) is 43.0 Å². The van der Waals surface area contributed by atoms with E-state index in [4.69, 9.17) is 14.2 Å². The molecular weight excluding hydrogens is 318 g/mol. The van der Waals surface area contributed by atoms with Crippen LogP contribution in [0.5, 0.6) is 5.75 Å². The van der Waals surface area contributed by atoms with Crippen LogP contribution in [0, 0.1) is 5.41 Å². The summed E-state index contributed by atoms with van der Waals surface area (Å²) >= 11 is 0. The first-order chi connectivity index (χ1) is 12.2. The summed E-state index contributed by atoms with van der Waals surface area (Å²) in [4.78, 5) is 14.5. The van der Waals surface area contributed by atoms with Crippen LogP contribution >= 0.6 is 0 Å². The Kier molecular flexibility index (Phi) is 6.10. The molecule has 0 radical (unpaired) electrons. The highest BCUT2D eigenvalue weighted by Gasteiger charge is 2.47. The molecule has 1 aromatic rings. The summed E-state index contributed by atoms with van der Waals surface area (Å²) in [5, 5.41) is 0. The molecule has 2 atom stereocenters. The predicted octanol–water partition coefficient (Wildman–Crippen LogP) is 2.67. The van der Waals surface area contributed by atoms with E-state index in [0.29, 0.717) is 26.3 Å². The van der Waals surface area contributed by atoms with E-state index in [2.05, 4.69) is 6.58 Å². The van der Waals surface area contributed by atoms with E-state index < -0.39 is 0 Å². The molecule has 0 spiro atoms. The molecule has 0 N–H and O–H groups in total. The van der Waals surface area contributed by atoms with Gasteiger partial charge in [-0.3, -0.25) is 4.79 Å². The molecule has 5 nitrogen and oxygen atoms in total. The van der Waals surface area contributed by atoms with Crippen LogP contribution in [0.4, 0.5) is 0 Å². The lowest BCUT2D eigenvalue weighted by Crippen LogP contribution is -2.58. The monoisotopic (exact) mass is 345 g/mol. The lowest BCUT2D eigenvalue weighted by Gasteiger charge is -2.50. The Morgan fingerprint density at radius 1 is 1.40 bits per heavy atom. The van der Waals surface area contributed by atoms with Gasteiger partial charge in [-0.15, -0.1) is 6.58 Å². The number of ether oxygens (including phenoxy) is 3. The first kappa shape index (κ1) is 18.0. The fourth-order valence-corrected chi connectivity index (χ4v) is 3.81. The van der Waals surface area contributed by atoms with E-state index in [1.165, 1.54) is 0 Å². The molecular formula is C20H27NO4. The van der Waals surface area contributed by atoms with Crippen LogP contribution < -0.4 is 4.74 Å². The average molecular weight is 345 g/mol. The van der Waals surface area contributed by atoms with Gasteiger partial charge in [-0.2, -0.15) is 0 Å². The number of likely N-dealkylation sites (tertiary alicyclic amines) is 1. The summed E-state index contributed by atoms with van der Waals surface area (Å²) in [5.74, 6) is 0.742. The Morgan fingerprint density at radius 2 is 2.24 bits per heavy atom. The van der Waals surface area contributed by atoms with E-state index >= 15 is 0 Å². The molecule has 1 amide bonds. The van der Waals surface area contributed by atoms with Crippen LogP contribution in [0.2, 0.25) is 0 Å². The van der Waals surface area contributed by atoms with Crippen molar-refractivity contribution in [3.8, 4) is 5.75 Å². The number of hydrogen-bond donors (Lipinski definition) is 0. The number of carbonyl (C=O) groups excluding carboxylic acids is 1. The summed E-state index contributed by atoms with van der Waals surface area (Å²) in [6, 6.07) is 9.45. The van der Waals surface area contributed by atoms with Gasteiger partial charge < -0.3 is 19.1 Å². The third-order valence-corrected chi connectivity index (χ3v) is 5.07. The number of para-hydroxylation sites is 1. The fraction of sp³-hybridized carbons (Fsp3) is 0.550. The van der Waals surface area contributed by atoms with Crippen molar-refractivity contribution in [3.63, 3.8) is 0 Å². The van der Waals surface area contributed by atoms with Gasteiger partial charge in [0.1, 0.15) is 5.75 Å². The van der Waals surface area contributed by atoms with E-state index in [1.807, 2.05) is 35.2 Å². The minimum atomic E-state index is -0.109. The van der Waals surface area contributed by atoms with E-state index in [9.17, 15) is 4.79 Å². The molecule has 25 heavy (non-hydrogen) atoms. The number of rotatable bonds is 7. The molecule has 2 fully saturated rings. The smallest absolute Gasteiger partial charge is 0.260 e. The third-order valence-electron chi connectivity index (χ3n) is 5.07. The number of hydrogen-bond acceptors (Lipinski definition) is 4. The van der Waals surface area contributed by atoms with Crippen LogP contribution in [0.3, 0.4) is 0 Å². The molecule has 3 rings (SSSR count). The van der Waals surface area contributed by atoms with Crippen LogP contribution in [-0.2, 0) is 14.3 Å². The molecule has 0 aliphatic carbocycles. The number of amides is 1. The van der Waals surface area contributed by atoms with Crippen molar-refractivity contribution >= 4 is 5.91 Å². The molecule has 5 heteroatoms. The first-order valence-electron chi connectivity index (χ1n) is 8.99. The Balaban J connectivity index is 1.60. The number of carbonyl (C=O) groups is 1. The maximum Gasteiger partial charge on any atom is 0.260 e. The Hall–Kier alpha value is -1.85. The zero-order valence-corrected chi connectivity index (χ0v) is 14.7. The maximum atomic E-state index is 12.6. The first-order valence-corrected chi connectivity index (χ1v) is 8.99. The van der Waals surface area contributed by atoms with Crippen LogP contribution in [-0.4, -0.2) is 56.4 Å². The van der Waals surface area contributed by atoms with Crippen LogP contribution in [0.15, 0.2) is 43.0 Å². The number of nitrogens with zero attached hydrogens (tertiary/aromatic N) is 1. The lowest BCUT2D eigenvalue weighted by molar-refractivity contribution is -0.164. The zero-order chi connectivity index (χ0) is 17.5. The molecule has 0 unspecified atom stereocenters. The minimum Gasteiger partial charge on any atom is -0.484 e. The Morgan fingerprint density at radius 3 is 3.04 bits per heavy atom. The van der Waals surface area contributed by atoms with Gasteiger partial charge in [-0.05, 0) is 31.4 Å². The standard InChI is InChI=1S/C20H27NO4/c1-2-12-23-16-20-10-6-13-24-18(20)9-11-21(15-20)19(22)14-25-17-7-4-3-5-8-17/h2-5,7-8,18H,1,6,9-16H2/t18-,20-/m1/s1. The maximum absolute atomic E-state index is 12.6. The van der Waals surface area contributed by atoms with Crippen molar-refractivity contribution < 1.29 is 19.0 Å². The van der Waals surface area contributed by atoms with Gasteiger partial charge in [-0.25, -0.2) is 0 Å². The minimum absolute atomic E-state index is 0.0240. The largest absolute Gasteiger partial charge is 0.484 e. The van der Waals surface area contributed by atoms with Gasteiger partial charge in [-0.1, -0.05) is 24.3 Å². The molecule has 1 aromatic carbocycles. The quantitative estimate of drug-likeness (QED) is 0.563. The topological polar surface area (TPSA) is 48.0 Å². The van der Waals surface area contributed by atoms with E-state index in [0.717, 1.165) is 31.6 Å². The summed E-state index contributed by atoms with van der Waals surface area (Å²) in [5.41, 5.74) is -0.109. The number of benzene rings is 1. The number of piperidine rings is 1. The van der Waals surface area contributed by atoms with E-state index in [-0.39, 0.29) is 24.0 Å². The zero-order valence-electron chi connectivity index (χ0n) is 14.7. The molecule has 2 heterocycles. The van der Waals surface area contributed by atoms with Gasteiger partial charge in [0.25, 0.3) is 5.91 Å². The number of fused-ring (bicyclic) bond motifs is 1. The molecule has 2 aliphatic rings. The van der Waals surface area contributed by atoms with Gasteiger partial charge >= 0.3 is 0 Å². The van der Waals surface area contributed by atoms with Crippen molar-refractivity contribution in [1.82, 2.24) is 4.90 Å². The highest BCUT2D eigenvalue weighted by molar-refractivity contribution is 5.78. The van der Waals surface area contributed by atoms with Crippen molar-refractivity contribution in [2.24, 2.45) is 5.41 Å². The fourth-order valence-electron chi connectivity index (χ4n) is 3.81. The summed E-state index contributed by atoms with van der Waals surface area (Å²) in [6.07, 6.45) is 4.82. The SMILES string of the molecule is C=CCOC[C@]12CCCO[C@@H]1CCN(C(=O)COc1ccccc1)C2. The lowest BCUT2D eigenvalue weighted by atomic mass is 9.73. The van der Waals surface area contributed by atoms with Gasteiger partial charge in [0.2, 0.25) is 0 Å². The average Bonchev–Trinajstić information content (AvgIpc) is 2.66. The summed E-state index contributed by atoms with van der Waals surface area (Å²) in [7, 11) is 0. The summed E-state index contributed by atoms with van der Waals surface area (Å²) < 4.78 is 17.4. The van der Waals surface area contributed by atoms with Crippen molar-refractivity contribution in [2.75, 3.05) is 39.5 Å². The van der Waals surface area contributed by atoms with Gasteiger partial charge in [0.15, 0.2) is 6.61 Å². The summed E-state index contributed by atoms with van der Waals surface area (Å²) in [6.45, 7) is 7.09. The molecule has 2 aliphatic heterocycles. The highest BCUT2D eigenvalue weighted by Crippen LogP contribution is 2.40. The second-order valence-electron chi connectivity index (χ2n) is 6.83. The predicted molar refractivity (Wildman–Crippen MR) is 95.6 cm³/mol. The molecule has 0 aromatic heterocycles. The van der Waals surface area contributed by atoms with Crippen molar-refractivity contribution in [2.45, 2.75) is 25.4 Å². The second kappa shape index (κ2) is 8.50. The second-order valence-corrected chi connectivity index (χ2v) is 6.83. The third kappa shape index (κ3) is 4.41. The van der Waals surface area contributed by atoms with Crippen LogP contribution in [0.25, 0.3) is 0 Å². The molecule has 136 valence electrons. The Labute approximate surface area is 149 Å². The van der Waals surface area contributed by atoms with Gasteiger partial charge in [0, 0.05) is 25.1 Å². The van der Waals surface area contributed by atoms with Gasteiger partial charge in [0.05, 0.1) is 19.3 Å². The Bertz CT molecular complexity index is 576. The molecule has 2 saturated heterocycles. The normalized spacial score (nSPS) is 25.9. The van der Waals surface area contributed by atoms with Crippen LogP contribution in [0.1, 0.15) is 19.3 Å². The molecule has 0 bridgehead atoms. The van der Waals surface area contributed by atoms with Crippen molar-refractivity contribution in [1.29, 1.82) is 0 Å². The van der Waals surface area contributed by atoms with E-state index in [1.54, 1.807) is 6.08 Å². The highest BCUT2D eigenvalue weighted by atomic mass is 16.5. The molecule has 0 saturated carbocycles.